The summed E-state index contributed by atoms with van der Waals surface area (Å²) in [5, 5.41) is 2.75. The van der Waals surface area contributed by atoms with Crippen LogP contribution in [0.2, 0.25) is 0 Å². The molecule has 1 atom stereocenters. The van der Waals surface area contributed by atoms with E-state index in [2.05, 4.69) is 10.2 Å². The van der Waals surface area contributed by atoms with Crippen LogP contribution in [0.3, 0.4) is 0 Å². The third-order valence-corrected chi connectivity index (χ3v) is 6.55. The molecule has 1 N–H and O–H groups in total. The molecule has 0 spiro atoms. The molecule has 1 saturated heterocycles. The zero-order valence-electron chi connectivity index (χ0n) is 23.6. The first kappa shape index (κ1) is 30.0. The van der Waals surface area contributed by atoms with Gasteiger partial charge in [0.05, 0.1) is 0 Å². The molecule has 0 radical (unpaired) electrons. The summed E-state index contributed by atoms with van der Waals surface area (Å²) < 4.78 is 16.5. The first-order valence-corrected chi connectivity index (χ1v) is 13.4. The standard InChI is InChI=1S/C30H41N3O6/c1-29(2,3)39-28(36)33-20-18-32(19-21-33)17-16-30(4,5)25(26(34)37-22-23-12-8-6-9-13-23)31-27(35)38-24-14-10-7-11-15-24/h6-15,25H,16-22H2,1-5H3,(H,31,35). The molecule has 1 aliphatic rings. The van der Waals surface area contributed by atoms with Crippen LogP contribution in [0.25, 0.3) is 0 Å². The molecule has 2 aromatic rings. The Hall–Kier alpha value is -3.59. The summed E-state index contributed by atoms with van der Waals surface area (Å²) in [7, 11) is 0. The molecule has 9 nitrogen and oxygen atoms in total. The Kier molecular flexibility index (Phi) is 10.3. The van der Waals surface area contributed by atoms with Crippen molar-refractivity contribution in [2.45, 2.75) is 59.3 Å². The van der Waals surface area contributed by atoms with Crippen molar-refractivity contribution < 1.29 is 28.6 Å². The van der Waals surface area contributed by atoms with Crippen molar-refractivity contribution in [3.05, 3.63) is 66.2 Å². The van der Waals surface area contributed by atoms with E-state index >= 15 is 0 Å². The smallest absolute Gasteiger partial charge is 0.413 e. The number of rotatable bonds is 9. The molecule has 0 bridgehead atoms. The molecular formula is C30H41N3O6. The van der Waals surface area contributed by atoms with E-state index in [9.17, 15) is 14.4 Å². The maximum Gasteiger partial charge on any atom is 0.413 e. The quantitative estimate of drug-likeness (QED) is 0.455. The fourth-order valence-corrected chi connectivity index (χ4v) is 4.20. The number of hydrogen-bond acceptors (Lipinski definition) is 7. The van der Waals surface area contributed by atoms with Crippen LogP contribution in [0.15, 0.2) is 60.7 Å². The molecule has 9 heteroatoms. The number of nitrogens with zero attached hydrogens (tertiary/aromatic N) is 2. The lowest BCUT2D eigenvalue weighted by molar-refractivity contribution is -0.150. The number of ether oxygens (including phenoxy) is 3. The highest BCUT2D eigenvalue weighted by Gasteiger charge is 2.39. The predicted molar refractivity (Wildman–Crippen MR) is 148 cm³/mol. The number of carbonyl (C=O) groups excluding carboxylic acids is 3. The van der Waals surface area contributed by atoms with E-state index in [1.54, 1.807) is 29.2 Å². The van der Waals surface area contributed by atoms with Crippen molar-refractivity contribution >= 4 is 18.2 Å². The molecular weight excluding hydrogens is 498 g/mol. The number of hydrogen-bond donors (Lipinski definition) is 1. The van der Waals surface area contributed by atoms with Gasteiger partial charge in [0.25, 0.3) is 0 Å². The Morgan fingerprint density at radius 2 is 1.46 bits per heavy atom. The van der Waals surface area contributed by atoms with Crippen molar-refractivity contribution in [3.63, 3.8) is 0 Å². The molecule has 39 heavy (non-hydrogen) atoms. The zero-order valence-corrected chi connectivity index (χ0v) is 23.6. The topological polar surface area (TPSA) is 97.4 Å². The van der Waals surface area contributed by atoms with Gasteiger partial charge in [0.2, 0.25) is 0 Å². The SMILES string of the molecule is CC(C)(C)OC(=O)N1CCN(CCC(C)(C)C(NC(=O)Oc2ccccc2)C(=O)OCc2ccccc2)CC1. The lowest BCUT2D eigenvalue weighted by Crippen LogP contribution is -2.54. The first-order chi connectivity index (χ1) is 18.4. The second-order valence-electron chi connectivity index (χ2n) is 11.4. The van der Waals surface area contributed by atoms with Gasteiger partial charge in [-0.25, -0.2) is 14.4 Å². The summed E-state index contributed by atoms with van der Waals surface area (Å²) in [4.78, 5) is 42.4. The Morgan fingerprint density at radius 1 is 0.872 bits per heavy atom. The van der Waals surface area contributed by atoms with Gasteiger partial charge in [0.1, 0.15) is 24.0 Å². The van der Waals surface area contributed by atoms with Gasteiger partial charge >= 0.3 is 18.2 Å². The first-order valence-electron chi connectivity index (χ1n) is 13.4. The normalized spacial score (nSPS) is 15.3. The van der Waals surface area contributed by atoms with Crippen molar-refractivity contribution in [1.29, 1.82) is 0 Å². The van der Waals surface area contributed by atoms with Gasteiger partial charge in [0.15, 0.2) is 0 Å². The van der Waals surface area contributed by atoms with Crippen molar-refractivity contribution in [3.8, 4) is 5.75 Å². The van der Waals surface area contributed by atoms with Gasteiger partial charge < -0.3 is 24.4 Å². The van der Waals surface area contributed by atoms with Crippen LogP contribution in [0.4, 0.5) is 9.59 Å². The Balaban J connectivity index is 1.60. The Labute approximate surface area is 231 Å². The summed E-state index contributed by atoms with van der Waals surface area (Å²) in [5.41, 5.74) is -0.319. The molecule has 2 amide bonds. The van der Waals surface area contributed by atoms with Gasteiger partial charge in [0, 0.05) is 26.2 Å². The van der Waals surface area contributed by atoms with Crippen LogP contribution in [0.1, 0.15) is 46.6 Å². The molecule has 0 aliphatic carbocycles. The second kappa shape index (κ2) is 13.5. The van der Waals surface area contributed by atoms with Crippen LogP contribution in [0, 0.1) is 5.41 Å². The molecule has 1 unspecified atom stereocenters. The molecule has 1 fully saturated rings. The number of para-hydroxylation sites is 1. The third-order valence-electron chi connectivity index (χ3n) is 6.55. The summed E-state index contributed by atoms with van der Waals surface area (Å²) in [5.74, 6) is -0.143. The van der Waals surface area contributed by atoms with E-state index in [-0.39, 0.29) is 12.7 Å². The van der Waals surface area contributed by atoms with E-state index in [1.807, 2.05) is 71.0 Å². The van der Waals surface area contributed by atoms with Crippen molar-refractivity contribution in [1.82, 2.24) is 15.1 Å². The summed E-state index contributed by atoms with van der Waals surface area (Å²) in [6.45, 7) is 12.8. The van der Waals surface area contributed by atoms with Crippen molar-refractivity contribution in [2.75, 3.05) is 32.7 Å². The molecule has 2 aromatic carbocycles. The average molecular weight is 540 g/mol. The van der Waals surface area contributed by atoms with Crippen LogP contribution in [-0.2, 0) is 20.9 Å². The minimum Gasteiger partial charge on any atom is -0.459 e. The van der Waals surface area contributed by atoms with Crippen LogP contribution >= 0.6 is 0 Å². The van der Waals surface area contributed by atoms with E-state index in [1.165, 1.54) is 0 Å². The number of benzene rings is 2. The predicted octanol–water partition coefficient (Wildman–Crippen LogP) is 4.86. The Morgan fingerprint density at radius 3 is 2.05 bits per heavy atom. The minimum absolute atomic E-state index is 0.105. The lowest BCUT2D eigenvalue weighted by Gasteiger charge is -2.38. The van der Waals surface area contributed by atoms with Crippen LogP contribution < -0.4 is 10.1 Å². The third kappa shape index (κ3) is 9.90. The average Bonchev–Trinajstić information content (AvgIpc) is 2.89. The van der Waals surface area contributed by atoms with E-state index < -0.39 is 29.1 Å². The van der Waals surface area contributed by atoms with Gasteiger partial charge in [-0.3, -0.25) is 4.90 Å². The lowest BCUT2D eigenvalue weighted by atomic mass is 9.81. The molecule has 212 valence electrons. The number of nitrogens with one attached hydrogen (secondary N) is 1. The largest absolute Gasteiger partial charge is 0.459 e. The molecule has 1 heterocycles. The molecule has 3 rings (SSSR count). The van der Waals surface area contributed by atoms with Gasteiger partial charge in [-0.2, -0.15) is 0 Å². The zero-order chi connectivity index (χ0) is 28.5. The monoisotopic (exact) mass is 539 g/mol. The van der Waals surface area contributed by atoms with E-state index in [0.717, 1.165) is 5.56 Å². The molecule has 0 aromatic heterocycles. The maximum atomic E-state index is 13.3. The summed E-state index contributed by atoms with van der Waals surface area (Å²) >= 11 is 0. The van der Waals surface area contributed by atoms with Gasteiger partial charge in [-0.05, 0) is 56.8 Å². The number of esters is 1. The van der Waals surface area contributed by atoms with E-state index in [4.69, 9.17) is 14.2 Å². The fourth-order valence-electron chi connectivity index (χ4n) is 4.20. The summed E-state index contributed by atoms with van der Waals surface area (Å²) in [6, 6.07) is 17.2. The number of amides is 2. The highest BCUT2D eigenvalue weighted by molar-refractivity contribution is 5.83. The minimum atomic E-state index is -0.930. The fraction of sp³-hybridized carbons (Fsp3) is 0.500. The highest BCUT2D eigenvalue weighted by atomic mass is 16.6. The van der Waals surface area contributed by atoms with Gasteiger partial charge in [-0.15, -0.1) is 0 Å². The second-order valence-corrected chi connectivity index (χ2v) is 11.4. The summed E-state index contributed by atoms with van der Waals surface area (Å²) in [6.07, 6.45) is -0.414. The Bertz CT molecular complexity index is 1080. The maximum absolute atomic E-state index is 13.3. The molecule has 1 aliphatic heterocycles. The highest BCUT2D eigenvalue weighted by Crippen LogP contribution is 2.28. The van der Waals surface area contributed by atoms with E-state index in [0.29, 0.717) is 44.9 Å². The van der Waals surface area contributed by atoms with Crippen molar-refractivity contribution in [2.24, 2.45) is 5.41 Å². The molecule has 0 saturated carbocycles. The van der Waals surface area contributed by atoms with Crippen LogP contribution in [0.5, 0.6) is 5.75 Å². The number of piperazine rings is 1. The van der Waals surface area contributed by atoms with Crippen LogP contribution in [-0.4, -0.2) is 72.3 Å². The van der Waals surface area contributed by atoms with Gasteiger partial charge in [-0.1, -0.05) is 62.4 Å². The number of carbonyl (C=O) groups is 3.